The third-order valence-corrected chi connectivity index (χ3v) is 3.63. The maximum absolute atomic E-state index is 11.1. The van der Waals surface area contributed by atoms with Crippen LogP contribution in [0.25, 0.3) is 11.1 Å². The van der Waals surface area contributed by atoms with E-state index in [-0.39, 0.29) is 11.6 Å². The third kappa shape index (κ3) is 10.9. The van der Waals surface area contributed by atoms with Crippen molar-refractivity contribution in [2.45, 2.75) is 55.4 Å². The summed E-state index contributed by atoms with van der Waals surface area (Å²) in [6.07, 6.45) is 1.80. The number of amides is 1. The van der Waals surface area contributed by atoms with Gasteiger partial charge in [0.1, 0.15) is 5.78 Å². The molecule has 1 aromatic carbocycles. The van der Waals surface area contributed by atoms with E-state index in [4.69, 9.17) is 5.21 Å². The van der Waals surface area contributed by atoms with Crippen LogP contribution < -0.4 is 5.48 Å². The molecule has 0 bridgehead atoms. The van der Waals surface area contributed by atoms with Crippen molar-refractivity contribution in [1.29, 1.82) is 0 Å². The first-order chi connectivity index (χ1) is 13.8. The van der Waals surface area contributed by atoms with Crippen LogP contribution in [0.1, 0.15) is 64.5 Å². The van der Waals surface area contributed by atoms with Gasteiger partial charge in [0.25, 0.3) is 5.91 Å². The highest BCUT2D eigenvalue weighted by atomic mass is 16.5. The second-order valence-electron chi connectivity index (χ2n) is 5.63. The Balaban J connectivity index is 0. The molecule has 1 aromatic heterocycles. The monoisotopic (exact) mass is 402 g/mol. The number of carbonyl (C=O) groups excluding carboxylic acids is 3. The van der Waals surface area contributed by atoms with Gasteiger partial charge in [-0.1, -0.05) is 52.0 Å². The largest absolute Gasteiger partial charge is 0.299 e. The molecule has 2 rings (SSSR count). The highest BCUT2D eigenvalue weighted by molar-refractivity contribution is 5.99. The molecule has 6 heteroatoms. The van der Waals surface area contributed by atoms with Crippen LogP contribution in [0.5, 0.6) is 0 Å². The minimum Gasteiger partial charge on any atom is -0.299 e. The van der Waals surface area contributed by atoms with Gasteiger partial charge in [-0.2, -0.15) is 0 Å². The highest BCUT2D eigenvalue weighted by Gasteiger charge is 2.15. The van der Waals surface area contributed by atoms with Crippen LogP contribution in [0.3, 0.4) is 0 Å². The van der Waals surface area contributed by atoms with Gasteiger partial charge in [0.2, 0.25) is 0 Å². The van der Waals surface area contributed by atoms with E-state index in [1.807, 2.05) is 71.0 Å². The summed E-state index contributed by atoms with van der Waals surface area (Å²) in [6, 6.07) is 11.6. The van der Waals surface area contributed by atoms with Crippen molar-refractivity contribution < 1.29 is 19.6 Å². The predicted octanol–water partition coefficient (Wildman–Crippen LogP) is 5.03. The van der Waals surface area contributed by atoms with Crippen LogP contribution >= 0.6 is 0 Å². The van der Waals surface area contributed by atoms with Gasteiger partial charge in [0.15, 0.2) is 5.78 Å². The SMILES string of the molecule is CC.CC.CC(=O)C(C)C(=O)NO.CC(=O)c1ccc(-c2ccnc(C)c2)cc1. The van der Waals surface area contributed by atoms with E-state index >= 15 is 0 Å². The molecule has 2 N–H and O–H groups in total. The Morgan fingerprint density at radius 1 is 0.931 bits per heavy atom. The maximum Gasteiger partial charge on any atom is 0.253 e. The summed E-state index contributed by atoms with van der Waals surface area (Å²) in [7, 11) is 0. The van der Waals surface area contributed by atoms with Crippen LogP contribution in [0, 0.1) is 12.8 Å². The van der Waals surface area contributed by atoms with Crippen molar-refractivity contribution in [1.82, 2.24) is 10.5 Å². The molecule has 1 heterocycles. The minimum absolute atomic E-state index is 0.0949. The number of benzene rings is 1. The van der Waals surface area contributed by atoms with Crippen LogP contribution in [-0.2, 0) is 9.59 Å². The Bertz CT molecular complexity index is 756. The van der Waals surface area contributed by atoms with E-state index in [9.17, 15) is 14.4 Å². The van der Waals surface area contributed by atoms with E-state index in [0.29, 0.717) is 0 Å². The molecule has 29 heavy (non-hydrogen) atoms. The molecule has 1 unspecified atom stereocenters. The fraction of sp³-hybridized carbons (Fsp3) is 0.391. The van der Waals surface area contributed by atoms with Crippen molar-refractivity contribution >= 4 is 17.5 Å². The van der Waals surface area contributed by atoms with Gasteiger partial charge >= 0.3 is 0 Å². The van der Waals surface area contributed by atoms with Gasteiger partial charge in [-0.05, 0) is 51.0 Å². The smallest absolute Gasteiger partial charge is 0.253 e. The van der Waals surface area contributed by atoms with Gasteiger partial charge in [-0.15, -0.1) is 0 Å². The molecule has 0 radical (unpaired) electrons. The Morgan fingerprint density at radius 3 is 1.79 bits per heavy atom. The number of nitrogens with one attached hydrogen (secondary N) is 1. The fourth-order valence-corrected chi connectivity index (χ4v) is 1.90. The lowest BCUT2D eigenvalue weighted by Gasteiger charge is -2.03. The maximum atomic E-state index is 11.1. The Morgan fingerprint density at radius 2 is 1.45 bits per heavy atom. The zero-order chi connectivity index (χ0) is 23.0. The standard InChI is InChI=1S/C14H13NO.C5H9NO3.2C2H6/c1-10-9-14(7-8-15-10)13-5-3-12(4-6-13)11(2)16;1-3(4(2)7)5(8)6-9;2*1-2/h3-9H,1-2H3;3,9H,1-2H3,(H,6,8);2*1-2H3. The third-order valence-electron chi connectivity index (χ3n) is 3.63. The van der Waals surface area contributed by atoms with Crippen LogP contribution in [0.4, 0.5) is 0 Å². The molecule has 0 aliphatic carbocycles. The van der Waals surface area contributed by atoms with Crippen LogP contribution in [0.15, 0.2) is 42.6 Å². The lowest BCUT2D eigenvalue weighted by molar-refractivity contribution is -0.138. The van der Waals surface area contributed by atoms with Crippen molar-refractivity contribution in [3.8, 4) is 11.1 Å². The molecule has 160 valence electrons. The zero-order valence-electron chi connectivity index (χ0n) is 18.7. The highest BCUT2D eigenvalue weighted by Crippen LogP contribution is 2.19. The predicted molar refractivity (Wildman–Crippen MR) is 117 cm³/mol. The number of ketones is 2. The van der Waals surface area contributed by atoms with E-state index in [1.54, 1.807) is 13.1 Å². The van der Waals surface area contributed by atoms with Crippen molar-refractivity contribution in [2.75, 3.05) is 0 Å². The Labute approximate surface area is 174 Å². The number of hydroxylamine groups is 1. The number of aryl methyl sites for hydroxylation is 1. The summed E-state index contributed by atoms with van der Waals surface area (Å²) >= 11 is 0. The average molecular weight is 403 g/mol. The van der Waals surface area contributed by atoms with Gasteiger partial charge in [-0.3, -0.25) is 24.6 Å². The van der Waals surface area contributed by atoms with Gasteiger partial charge in [-0.25, -0.2) is 5.48 Å². The first-order valence-electron chi connectivity index (χ1n) is 9.74. The molecule has 0 saturated heterocycles. The molecule has 2 aromatic rings. The number of rotatable bonds is 4. The Hall–Kier alpha value is -2.86. The Kier molecular flexibility index (Phi) is 15.8. The molecule has 6 nitrogen and oxygen atoms in total. The summed E-state index contributed by atoms with van der Waals surface area (Å²) in [6.45, 7) is 14.3. The number of nitrogens with zero attached hydrogens (tertiary/aromatic N) is 1. The summed E-state index contributed by atoms with van der Waals surface area (Å²) in [4.78, 5) is 36.0. The first kappa shape index (κ1) is 28.4. The first-order valence-corrected chi connectivity index (χ1v) is 9.74. The van der Waals surface area contributed by atoms with Crippen LogP contribution in [0.2, 0.25) is 0 Å². The molecule has 0 aliphatic rings. The molecular formula is C23H34N2O4. The minimum atomic E-state index is -0.755. The van der Waals surface area contributed by atoms with E-state index < -0.39 is 11.8 Å². The van der Waals surface area contributed by atoms with Gasteiger partial charge in [0, 0.05) is 17.5 Å². The van der Waals surface area contributed by atoms with Crippen molar-refractivity contribution in [2.24, 2.45) is 5.92 Å². The van der Waals surface area contributed by atoms with E-state index in [1.165, 1.54) is 19.3 Å². The molecule has 1 atom stereocenters. The topological polar surface area (TPSA) is 96.4 Å². The molecule has 0 aliphatic heterocycles. The fourth-order valence-electron chi connectivity index (χ4n) is 1.90. The van der Waals surface area contributed by atoms with E-state index in [0.717, 1.165) is 22.4 Å². The summed E-state index contributed by atoms with van der Waals surface area (Å²) in [5.41, 5.74) is 5.36. The normalized spacial score (nSPS) is 9.83. The van der Waals surface area contributed by atoms with E-state index in [2.05, 4.69) is 4.98 Å². The van der Waals surface area contributed by atoms with Gasteiger partial charge in [0.05, 0.1) is 5.92 Å². The lowest BCUT2D eigenvalue weighted by atomic mass is 10.0. The van der Waals surface area contributed by atoms with Crippen LogP contribution in [-0.4, -0.2) is 27.7 Å². The molecule has 1 amide bonds. The summed E-state index contributed by atoms with van der Waals surface area (Å²) < 4.78 is 0. The molecule has 0 fully saturated rings. The second-order valence-corrected chi connectivity index (χ2v) is 5.63. The zero-order valence-corrected chi connectivity index (χ0v) is 18.7. The van der Waals surface area contributed by atoms with Gasteiger partial charge < -0.3 is 0 Å². The molecule has 0 saturated carbocycles. The summed E-state index contributed by atoms with van der Waals surface area (Å²) in [5, 5.41) is 8.00. The number of pyridine rings is 1. The number of Topliss-reactive ketones (excluding diaryl/α,β-unsaturated/α-hetero) is 2. The molecule has 0 spiro atoms. The quantitative estimate of drug-likeness (QED) is 0.324. The summed E-state index contributed by atoms with van der Waals surface area (Å²) in [5.74, 6) is -1.59. The second kappa shape index (κ2) is 16.1. The van der Waals surface area contributed by atoms with Crippen molar-refractivity contribution in [3.63, 3.8) is 0 Å². The molecular weight excluding hydrogens is 368 g/mol. The average Bonchev–Trinajstić information content (AvgIpc) is 2.76. The van der Waals surface area contributed by atoms with Crippen molar-refractivity contribution in [3.05, 3.63) is 53.9 Å². The number of carbonyl (C=O) groups is 3. The number of hydrogen-bond donors (Lipinski definition) is 2. The lowest BCUT2D eigenvalue weighted by Crippen LogP contribution is -2.29. The number of aromatic nitrogens is 1. The number of hydrogen-bond acceptors (Lipinski definition) is 5.